The fourth-order valence-electron chi connectivity index (χ4n) is 3.64. The zero-order valence-corrected chi connectivity index (χ0v) is 17.9. The van der Waals surface area contributed by atoms with Gasteiger partial charge < -0.3 is 4.74 Å². The molecule has 0 aromatic heterocycles. The molecule has 0 radical (unpaired) electrons. The molecule has 1 aliphatic heterocycles. The van der Waals surface area contributed by atoms with Crippen molar-refractivity contribution in [3.05, 3.63) is 65.2 Å². The van der Waals surface area contributed by atoms with Gasteiger partial charge in [0.15, 0.2) is 0 Å². The van der Waals surface area contributed by atoms with Crippen LogP contribution in [0.15, 0.2) is 48.5 Å². The molecule has 0 spiro atoms. The van der Waals surface area contributed by atoms with Crippen molar-refractivity contribution in [2.75, 3.05) is 26.0 Å². The molecule has 0 saturated carbocycles. The van der Waals surface area contributed by atoms with Gasteiger partial charge in [-0.15, -0.1) is 0 Å². The van der Waals surface area contributed by atoms with Crippen LogP contribution in [0, 0.1) is 6.92 Å². The minimum absolute atomic E-state index is 0.205. The van der Waals surface area contributed by atoms with E-state index in [1.54, 1.807) is 7.11 Å². The first-order valence-electron chi connectivity index (χ1n) is 9.63. The summed E-state index contributed by atoms with van der Waals surface area (Å²) in [4.78, 5) is 11.2. The lowest BCUT2D eigenvalue weighted by Crippen LogP contribution is -2.40. The molecule has 1 aliphatic rings. The first-order valence-corrected chi connectivity index (χ1v) is 11.2. The molecule has 0 bridgehead atoms. The van der Waals surface area contributed by atoms with E-state index in [1.807, 2.05) is 18.2 Å². The number of benzene rings is 2. The Labute approximate surface area is 177 Å². The maximum atomic E-state index is 12.2. The van der Waals surface area contributed by atoms with Crippen molar-refractivity contribution < 1.29 is 23.2 Å². The molecule has 0 fully saturated rings. The Morgan fingerprint density at radius 2 is 2.00 bits per heavy atom. The lowest BCUT2D eigenvalue weighted by atomic mass is 9.93. The van der Waals surface area contributed by atoms with E-state index in [0.29, 0.717) is 19.6 Å². The Kier molecular flexibility index (Phi) is 7.04. The minimum Gasteiger partial charge on any atom is -0.380 e. The average molecular weight is 431 g/mol. The zero-order chi connectivity index (χ0) is 21.7. The second kappa shape index (κ2) is 9.53. The summed E-state index contributed by atoms with van der Waals surface area (Å²) in [5, 5.41) is 8.56. The maximum absolute atomic E-state index is 12.2. The second-order valence-corrected chi connectivity index (χ2v) is 9.26. The zero-order valence-electron chi connectivity index (χ0n) is 17.1. The number of hydrogen-bond acceptors (Lipinski definition) is 5. The number of rotatable bonds is 7. The van der Waals surface area contributed by atoms with Crippen LogP contribution in [0.25, 0.3) is 16.7 Å². The third-order valence-electron chi connectivity index (χ3n) is 5.15. The third-order valence-corrected chi connectivity index (χ3v) is 6.90. The van der Waals surface area contributed by atoms with Crippen LogP contribution in [-0.4, -0.2) is 49.8 Å². The molecule has 2 aromatic rings. The molecule has 0 unspecified atom stereocenters. The highest BCUT2D eigenvalue weighted by atomic mass is 32.2. The van der Waals surface area contributed by atoms with Gasteiger partial charge in [-0.3, -0.25) is 10.0 Å². The van der Waals surface area contributed by atoms with Crippen LogP contribution in [0.2, 0.25) is 0 Å². The molecule has 2 N–H and O–H groups in total. The maximum Gasteiger partial charge on any atom is 0.259 e. The molecule has 1 amide bonds. The summed E-state index contributed by atoms with van der Waals surface area (Å²) in [6, 6.07) is 14.5. The summed E-state index contributed by atoms with van der Waals surface area (Å²) in [6.07, 6.45) is 2.44. The molecule has 7 nitrogen and oxygen atoms in total. The number of nitrogens with zero attached hydrogens (tertiary/aromatic N) is 1. The highest BCUT2D eigenvalue weighted by Gasteiger charge is 2.27. The van der Waals surface area contributed by atoms with E-state index < -0.39 is 21.7 Å². The first kappa shape index (κ1) is 22.2. The van der Waals surface area contributed by atoms with Crippen molar-refractivity contribution in [2.45, 2.75) is 20.0 Å². The van der Waals surface area contributed by atoms with Gasteiger partial charge in [-0.05, 0) is 52.8 Å². The number of ether oxygens (including phenoxy) is 1. The van der Waals surface area contributed by atoms with Crippen LogP contribution in [0.4, 0.5) is 0 Å². The first-order chi connectivity index (χ1) is 14.3. The van der Waals surface area contributed by atoms with Gasteiger partial charge in [0, 0.05) is 20.2 Å². The van der Waals surface area contributed by atoms with E-state index in [2.05, 4.69) is 37.3 Å². The van der Waals surface area contributed by atoms with Gasteiger partial charge >= 0.3 is 0 Å². The fourth-order valence-corrected chi connectivity index (χ4v) is 4.89. The Balaban J connectivity index is 1.77. The van der Waals surface area contributed by atoms with Crippen molar-refractivity contribution >= 4 is 21.5 Å². The molecule has 0 aliphatic carbocycles. The Bertz CT molecular complexity index is 1060. The van der Waals surface area contributed by atoms with E-state index in [0.717, 1.165) is 33.4 Å². The Morgan fingerprint density at radius 1 is 1.20 bits per heavy atom. The lowest BCUT2D eigenvalue weighted by Gasteiger charge is -2.26. The summed E-state index contributed by atoms with van der Waals surface area (Å²) >= 11 is 0. The van der Waals surface area contributed by atoms with E-state index in [1.165, 1.54) is 9.79 Å². The summed E-state index contributed by atoms with van der Waals surface area (Å²) < 4.78 is 31.0. The predicted octanol–water partition coefficient (Wildman–Crippen LogP) is 2.73. The normalized spacial score (nSPS) is 15.0. The number of hydrogen-bond donors (Lipinski definition) is 2. The van der Waals surface area contributed by atoms with E-state index in [9.17, 15) is 13.2 Å². The van der Waals surface area contributed by atoms with Crippen LogP contribution in [0.1, 0.15) is 23.1 Å². The van der Waals surface area contributed by atoms with E-state index >= 15 is 0 Å². The van der Waals surface area contributed by atoms with Crippen LogP contribution >= 0.6 is 0 Å². The summed E-state index contributed by atoms with van der Waals surface area (Å²) in [5.74, 6) is -1.70. The predicted molar refractivity (Wildman–Crippen MR) is 115 cm³/mol. The Morgan fingerprint density at radius 3 is 2.63 bits per heavy atom. The van der Waals surface area contributed by atoms with Gasteiger partial charge in [-0.1, -0.05) is 42.5 Å². The largest absolute Gasteiger partial charge is 0.380 e. The van der Waals surface area contributed by atoms with Crippen LogP contribution in [0.3, 0.4) is 0 Å². The molecule has 0 saturated heterocycles. The SMILES string of the molecule is COCc1cccc(-c2ccc(C3=CCN(S(=O)(=O)CC(=O)NO)CC3)cc2C)c1. The number of aryl methyl sites for hydroxylation is 1. The van der Waals surface area contributed by atoms with Crippen LogP contribution in [0.5, 0.6) is 0 Å². The Hall–Kier alpha value is -2.52. The smallest absolute Gasteiger partial charge is 0.259 e. The van der Waals surface area contributed by atoms with Crippen molar-refractivity contribution in [1.29, 1.82) is 0 Å². The molecule has 30 heavy (non-hydrogen) atoms. The highest BCUT2D eigenvalue weighted by molar-refractivity contribution is 7.89. The minimum atomic E-state index is -3.75. The average Bonchev–Trinajstić information content (AvgIpc) is 2.74. The summed E-state index contributed by atoms with van der Waals surface area (Å²) in [6.45, 7) is 3.13. The summed E-state index contributed by atoms with van der Waals surface area (Å²) in [7, 11) is -2.07. The fraction of sp³-hybridized carbons (Fsp3) is 0.318. The number of methoxy groups -OCH3 is 1. The van der Waals surface area contributed by atoms with Crippen LogP contribution < -0.4 is 5.48 Å². The molecular weight excluding hydrogens is 404 g/mol. The topological polar surface area (TPSA) is 95.9 Å². The quantitative estimate of drug-likeness (QED) is 0.520. The number of carbonyl (C=O) groups excluding carboxylic acids is 1. The summed E-state index contributed by atoms with van der Waals surface area (Å²) in [5.41, 5.74) is 8.03. The van der Waals surface area contributed by atoms with Gasteiger partial charge in [-0.25, -0.2) is 13.9 Å². The number of nitrogens with one attached hydrogen (secondary N) is 1. The molecule has 160 valence electrons. The molecule has 2 aromatic carbocycles. The van der Waals surface area contributed by atoms with Crippen molar-refractivity contribution in [3.8, 4) is 11.1 Å². The van der Waals surface area contributed by atoms with Crippen molar-refractivity contribution in [2.24, 2.45) is 0 Å². The molecular formula is C22H26N2O5S. The highest BCUT2D eigenvalue weighted by Crippen LogP contribution is 2.30. The van der Waals surface area contributed by atoms with Gasteiger partial charge in [0.25, 0.3) is 5.91 Å². The second-order valence-electron chi connectivity index (χ2n) is 7.29. The van der Waals surface area contributed by atoms with E-state index in [-0.39, 0.29) is 6.54 Å². The number of hydroxylamine groups is 1. The third kappa shape index (κ3) is 5.14. The number of amides is 1. The van der Waals surface area contributed by atoms with Gasteiger partial charge in [0.2, 0.25) is 10.0 Å². The monoisotopic (exact) mass is 430 g/mol. The standard InChI is InChI=1S/C22H26N2O5S/c1-16-12-19(6-7-21(16)20-5-3-4-17(13-20)14-29-2)18-8-10-24(11-9-18)30(27,28)15-22(25)23-26/h3-8,12-13,26H,9-11,14-15H2,1-2H3,(H,23,25). The number of sulfonamides is 1. The lowest BCUT2D eigenvalue weighted by molar-refractivity contribution is -0.126. The number of carbonyl (C=O) groups is 1. The van der Waals surface area contributed by atoms with Crippen LogP contribution in [-0.2, 0) is 26.2 Å². The van der Waals surface area contributed by atoms with Crippen molar-refractivity contribution in [1.82, 2.24) is 9.79 Å². The van der Waals surface area contributed by atoms with E-state index in [4.69, 9.17) is 9.94 Å². The van der Waals surface area contributed by atoms with Gasteiger partial charge in [0.1, 0.15) is 5.75 Å². The van der Waals surface area contributed by atoms with Gasteiger partial charge in [0.05, 0.1) is 6.61 Å². The molecule has 0 atom stereocenters. The molecule has 8 heteroatoms. The van der Waals surface area contributed by atoms with Crippen molar-refractivity contribution in [3.63, 3.8) is 0 Å². The van der Waals surface area contributed by atoms with Gasteiger partial charge in [-0.2, -0.15) is 4.31 Å². The molecule has 1 heterocycles. The molecule has 3 rings (SSSR count).